The van der Waals surface area contributed by atoms with Crippen LogP contribution in [0.3, 0.4) is 0 Å². The van der Waals surface area contributed by atoms with Crippen molar-refractivity contribution in [2.75, 3.05) is 6.54 Å². The molecule has 2 nitrogen and oxygen atoms in total. The number of carbonyl (C=O) groups is 1. The van der Waals surface area contributed by atoms with Crippen LogP contribution in [0.15, 0.2) is 43.0 Å². The van der Waals surface area contributed by atoms with Crippen molar-refractivity contribution in [3.63, 3.8) is 0 Å². The molecule has 5 rings (SSSR count). The minimum Gasteiger partial charge on any atom is -0.352 e. The van der Waals surface area contributed by atoms with E-state index in [2.05, 4.69) is 42.2 Å². The fourth-order valence-electron chi connectivity index (χ4n) is 6.01. The molecule has 0 unspecified atom stereocenters. The van der Waals surface area contributed by atoms with E-state index >= 15 is 0 Å². The minimum absolute atomic E-state index is 0.122. The first-order valence-electron chi connectivity index (χ1n) is 8.61. The highest BCUT2D eigenvalue weighted by Gasteiger charge is 2.60. The van der Waals surface area contributed by atoms with Crippen molar-refractivity contribution in [1.29, 1.82) is 0 Å². The van der Waals surface area contributed by atoms with E-state index in [1.54, 1.807) is 6.08 Å². The summed E-state index contributed by atoms with van der Waals surface area (Å²) in [6.07, 6.45) is 8.92. The summed E-state index contributed by atoms with van der Waals surface area (Å²) in [7, 11) is 0. The number of hydrogen-bond donors (Lipinski definition) is 1. The number of amides is 1. The van der Waals surface area contributed by atoms with Crippen LogP contribution >= 0.6 is 0 Å². The zero-order valence-electron chi connectivity index (χ0n) is 13.2. The van der Waals surface area contributed by atoms with E-state index in [1.165, 1.54) is 24.8 Å². The van der Waals surface area contributed by atoms with Gasteiger partial charge in [-0.3, -0.25) is 4.79 Å². The molecule has 1 aromatic rings. The Balaban J connectivity index is 1.69. The van der Waals surface area contributed by atoms with Crippen LogP contribution in [0, 0.1) is 17.3 Å². The van der Waals surface area contributed by atoms with E-state index in [9.17, 15) is 4.79 Å². The highest BCUT2D eigenvalue weighted by molar-refractivity contribution is 5.83. The summed E-state index contributed by atoms with van der Waals surface area (Å²) in [4.78, 5) is 12.9. The lowest BCUT2D eigenvalue weighted by Crippen LogP contribution is -2.59. The van der Waals surface area contributed by atoms with Gasteiger partial charge in [0, 0.05) is 6.54 Å². The largest absolute Gasteiger partial charge is 0.352 e. The highest BCUT2D eigenvalue weighted by Crippen LogP contribution is 2.65. The van der Waals surface area contributed by atoms with Crippen LogP contribution in [0.1, 0.15) is 44.1 Å². The molecular weight excluding hydrogens is 270 g/mol. The van der Waals surface area contributed by atoms with Crippen molar-refractivity contribution >= 4 is 5.91 Å². The van der Waals surface area contributed by atoms with Crippen molar-refractivity contribution in [3.05, 3.63) is 48.6 Å². The lowest BCUT2D eigenvalue weighted by atomic mass is 9.42. The normalized spacial score (nSPS) is 38.7. The maximum absolute atomic E-state index is 12.9. The Kier molecular flexibility index (Phi) is 3.18. The Labute approximate surface area is 133 Å². The number of hydrogen-bond acceptors (Lipinski definition) is 1. The predicted octanol–water partition coefficient (Wildman–Crippen LogP) is 3.83. The van der Waals surface area contributed by atoms with Crippen LogP contribution in [0.25, 0.3) is 0 Å². The average Bonchev–Trinajstić information content (AvgIpc) is 2.52. The Hall–Kier alpha value is -1.57. The van der Waals surface area contributed by atoms with E-state index in [0.717, 1.165) is 31.1 Å². The number of carbonyl (C=O) groups excluding carboxylic acids is 1. The number of benzene rings is 1. The van der Waals surface area contributed by atoms with Gasteiger partial charge in [-0.15, -0.1) is 6.58 Å². The summed E-state index contributed by atoms with van der Waals surface area (Å²) in [6, 6.07) is 11.0. The van der Waals surface area contributed by atoms with Gasteiger partial charge in [0.05, 0.1) is 5.41 Å². The van der Waals surface area contributed by atoms with Crippen LogP contribution in [-0.2, 0) is 10.2 Å². The molecule has 4 bridgehead atoms. The molecule has 4 aliphatic rings. The van der Waals surface area contributed by atoms with Gasteiger partial charge >= 0.3 is 0 Å². The Morgan fingerprint density at radius 3 is 2.50 bits per heavy atom. The third-order valence-electron chi connectivity index (χ3n) is 6.34. The molecule has 116 valence electrons. The summed E-state index contributed by atoms with van der Waals surface area (Å²) in [5, 5.41) is 3.10. The summed E-state index contributed by atoms with van der Waals surface area (Å²) in [6.45, 7) is 4.32. The Morgan fingerprint density at radius 2 is 1.86 bits per heavy atom. The Bertz CT molecular complexity index is 577. The molecule has 0 aromatic heterocycles. The van der Waals surface area contributed by atoms with Crippen LogP contribution in [0.4, 0.5) is 0 Å². The van der Waals surface area contributed by atoms with Crippen molar-refractivity contribution in [2.24, 2.45) is 17.3 Å². The van der Waals surface area contributed by atoms with Gasteiger partial charge in [-0.1, -0.05) is 36.4 Å². The van der Waals surface area contributed by atoms with E-state index in [0.29, 0.717) is 6.54 Å². The molecule has 0 aliphatic heterocycles. The number of nitrogens with one attached hydrogen (secondary N) is 1. The average molecular weight is 295 g/mol. The first-order valence-corrected chi connectivity index (χ1v) is 8.61. The summed E-state index contributed by atoms with van der Waals surface area (Å²) in [5.41, 5.74) is 1.59. The number of rotatable bonds is 4. The van der Waals surface area contributed by atoms with Gasteiger partial charge in [0.1, 0.15) is 0 Å². The summed E-state index contributed by atoms with van der Waals surface area (Å²) in [5.74, 6) is 1.74. The molecule has 1 amide bonds. The van der Waals surface area contributed by atoms with Crippen molar-refractivity contribution < 1.29 is 4.79 Å². The lowest BCUT2D eigenvalue weighted by Gasteiger charge is -2.61. The minimum atomic E-state index is -0.122. The molecule has 1 N–H and O–H groups in total. The van der Waals surface area contributed by atoms with Crippen LogP contribution in [-0.4, -0.2) is 12.5 Å². The first kappa shape index (κ1) is 14.0. The molecule has 0 spiro atoms. The lowest BCUT2D eigenvalue weighted by molar-refractivity contribution is -0.148. The second-order valence-corrected chi connectivity index (χ2v) is 7.89. The standard InChI is InChI=1S/C20H25NO/c1-2-8-21-18(22)20-12-15-9-16(13-20)11-19(10-15,14-20)17-6-4-3-5-7-17/h2-7,15-16H,1,8-14H2,(H,21,22)/t15-,16-,19?,20?/m1/s1. The van der Waals surface area contributed by atoms with Gasteiger partial charge in [-0.2, -0.15) is 0 Å². The monoisotopic (exact) mass is 295 g/mol. The zero-order chi connectivity index (χ0) is 15.2. The zero-order valence-corrected chi connectivity index (χ0v) is 13.2. The van der Waals surface area contributed by atoms with Crippen LogP contribution in [0.5, 0.6) is 0 Å². The molecule has 4 saturated carbocycles. The van der Waals surface area contributed by atoms with Crippen molar-refractivity contribution in [3.8, 4) is 0 Å². The van der Waals surface area contributed by atoms with Gasteiger partial charge in [0.25, 0.3) is 0 Å². The maximum Gasteiger partial charge on any atom is 0.226 e. The molecule has 2 atom stereocenters. The fraction of sp³-hybridized carbons (Fsp3) is 0.550. The second-order valence-electron chi connectivity index (χ2n) is 7.89. The molecule has 0 saturated heterocycles. The molecule has 0 radical (unpaired) electrons. The van der Waals surface area contributed by atoms with Crippen LogP contribution in [0.2, 0.25) is 0 Å². The van der Waals surface area contributed by atoms with Gasteiger partial charge in [-0.05, 0) is 61.3 Å². The van der Waals surface area contributed by atoms with Crippen molar-refractivity contribution in [1.82, 2.24) is 5.32 Å². The van der Waals surface area contributed by atoms with E-state index < -0.39 is 0 Å². The third-order valence-corrected chi connectivity index (χ3v) is 6.34. The summed E-state index contributed by atoms with van der Waals surface area (Å²) < 4.78 is 0. The molecule has 1 aromatic carbocycles. The molecule has 4 aliphatic carbocycles. The second kappa shape index (κ2) is 4.97. The van der Waals surface area contributed by atoms with Gasteiger partial charge in [-0.25, -0.2) is 0 Å². The Morgan fingerprint density at radius 1 is 1.18 bits per heavy atom. The predicted molar refractivity (Wildman–Crippen MR) is 88.4 cm³/mol. The molecule has 2 heteroatoms. The molecular formula is C20H25NO. The third kappa shape index (κ3) is 2.04. The molecule has 22 heavy (non-hydrogen) atoms. The van der Waals surface area contributed by atoms with E-state index in [1.807, 2.05) is 0 Å². The summed E-state index contributed by atoms with van der Waals surface area (Å²) >= 11 is 0. The fourth-order valence-corrected chi connectivity index (χ4v) is 6.01. The van der Waals surface area contributed by atoms with Gasteiger partial charge in [0.15, 0.2) is 0 Å². The molecule has 4 fully saturated rings. The van der Waals surface area contributed by atoms with E-state index in [-0.39, 0.29) is 16.7 Å². The quantitative estimate of drug-likeness (QED) is 0.840. The van der Waals surface area contributed by atoms with E-state index in [4.69, 9.17) is 0 Å². The van der Waals surface area contributed by atoms with Gasteiger partial charge in [0.2, 0.25) is 5.91 Å². The van der Waals surface area contributed by atoms with Crippen molar-refractivity contribution in [2.45, 2.75) is 43.9 Å². The topological polar surface area (TPSA) is 29.1 Å². The SMILES string of the molecule is C=CCNC(=O)C12C[C@@H]3C[C@@H](C1)CC(c1ccccc1)(C3)C2. The van der Waals surface area contributed by atoms with Gasteiger partial charge < -0.3 is 5.32 Å². The molecule has 0 heterocycles. The smallest absolute Gasteiger partial charge is 0.226 e. The first-order chi connectivity index (χ1) is 10.7. The highest BCUT2D eigenvalue weighted by atomic mass is 16.2. The van der Waals surface area contributed by atoms with Crippen LogP contribution < -0.4 is 5.32 Å². The maximum atomic E-state index is 12.9.